The van der Waals surface area contributed by atoms with E-state index in [0.29, 0.717) is 11.9 Å². The van der Waals surface area contributed by atoms with Crippen LogP contribution in [0.2, 0.25) is 0 Å². The van der Waals surface area contributed by atoms with Crippen molar-refractivity contribution in [2.75, 3.05) is 37.8 Å². The van der Waals surface area contributed by atoms with Crippen LogP contribution in [0.15, 0.2) is 52.4 Å². The van der Waals surface area contributed by atoms with Gasteiger partial charge < -0.3 is 15.5 Å². The average molecular weight is 437 g/mol. The Morgan fingerprint density at radius 1 is 1.17 bits per heavy atom. The Kier molecular flexibility index (Phi) is 7.62. The van der Waals surface area contributed by atoms with Crippen LogP contribution in [0, 0.1) is 23.4 Å². The number of amides is 1. The number of carbonyl (C=O) groups excluding carboxylic acids is 1. The number of hydrogen-bond acceptors (Lipinski definition) is 3. The molecular weight excluding hydrogens is 413 g/mol. The highest BCUT2D eigenvalue weighted by atomic mass is 32.2. The third-order valence-electron chi connectivity index (χ3n) is 4.74. The van der Waals surface area contributed by atoms with E-state index in [0.717, 1.165) is 37.4 Å². The third kappa shape index (κ3) is 5.69. The molecule has 0 aromatic heterocycles. The Bertz CT molecular complexity index is 911. The lowest BCUT2D eigenvalue weighted by Crippen LogP contribution is -2.43. The second kappa shape index (κ2) is 10.4. The SMILES string of the molecule is CN=C(NCC(=O)Nc1ccc(F)c(F)c1F)N1CCC(CSc2ccccc2)C1. The molecule has 1 fully saturated rings. The lowest BCUT2D eigenvalue weighted by atomic mass is 10.2. The quantitative estimate of drug-likeness (QED) is 0.314. The van der Waals surface area contributed by atoms with Gasteiger partial charge in [-0.05, 0) is 36.6 Å². The Morgan fingerprint density at radius 2 is 1.93 bits per heavy atom. The molecule has 0 bridgehead atoms. The van der Waals surface area contributed by atoms with Crippen LogP contribution in [0.1, 0.15) is 6.42 Å². The van der Waals surface area contributed by atoms with E-state index in [9.17, 15) is 18.0 Å². The lowest BCUT2D eigenvalue weighted by molar-refractivity contribution is -0.115. The van der Waals surface area contributed by atoms with Gasteiger partial charge in [-0.2, -0.15) is 0 Å². The molecule has 2 N–H and O–H groups in total. The van der Waals surface area contributed by atoms with Crippen LogP contribution in [-0.4, -0.2) is 49.2 Å². The highest BCUT2D eigenvalue weighted by molar-refractivity contribution is 7.99. The number of anilines is 1. The maximum absolute atomic E-state index is 13.7. The molecule has 2 aromatic carbocycles. The van der Waals surface area contributed by atoms with Gasteiger partial charge in [-0.15, -0.1) is 11.8 Å². The van der Waals surface area contributed by atoms with Crippen LogP contribution in [0.4, 0.5) is 18.9 Å². The fourth-order valence-electron chi connectivity index (χ4n) is 3.20. The number of rotatable bonds is 6. The smallest absolute Gasteiger partial charge is 0.243 e. The molecule has 0 spiro atoms. The predicted molar refractivity (Wildman–Crippen MR) is 113 cm³/mol. The van der Waals surface area contributed by atoms with Gasteiger partial charge in [0.15, 0.2) is 23.4 Å². The van der Waals surface area contributed by atoms with E-state index in [1.54, 1.807) is 7.05 Å². The molecule has 1 atom stereocenters. The number of carbonyl (C=O) groups is 1. The summed E-state index contributed by atoms with van der Waals surface area (Å²) in [6.07, 6.45) is 1.02. The molecule has 1 aliphatic rings. The molecule has 0 aliphatic carbocycles. The molecule has 160 valence electrons. The van der Waals surface area contributed by atoms with Crippen LogP contribution in [-0.2, 0) is 4.79 Å². The van der Waals surface area contributed by atoms with Crippen LogP contribution < -0.4 is 10.6 Å². The second-order valence-electron chi connectivity index (χ2n) is 6.90. The van der Waals surface area contributed by atoms with E-state index in [-0.39, 0.29) is 6.54 Å². The minimum absolute atomic E-state index is 0.176. The molecule has 3 rings (SSSR count). The predicted octanol–water partition coefficient (Wildman–Crippen LogP) is 3.73. The molecular formula is C21H23F3N4OS. The number of nitrogens with one attached hydrogen (secondary N) is 2. The summed E-state index contributed by atoms with van der Waals surface area (Å²) >= 11 is 1.82. The lowest BCUT2D eigenvalue weighted by Gasteiger charge is -2.21. The number of nitrogens with zero attached hydrogens (tertiary/aromatic N) is 2. The molecule has 9 heteroatoms. The van der Waals surface area contributed by atoms with Crippen LogP contribution in [0.3, 0.4) is 0 Å². The van der Waals surface area contributed by atoms with Gasteiger partial charge in [0.25, 0.3) is 0 Å². The van der Waals surface area contributed by atoms with Crippen molar-refractivity contribution in [3.05, 3.63) is 59.9 Å². The Hall–Kier alpha value is -2.68. The summed E-state index contributed by atoms with van der Waals surface area (Å²) in [7, 11) is 1.63. The van der Waals surface area contributed by atoms with Crippen LogP contribution in [0.5, 0.6) is 0 Å². The summed E-state index contributed by atoms with van der Waals surface area (Å²) in [6, 6.07) is 12.0. The Balaban J connectivity index is 1.46. The van der Waals surface area contributed by atoms with Gasteiger partial charge in [-0.3, -0.25) is 9.79 Å². The van der Waals surface area contributed by atoms with Crippen molar-refractivity contribution < 1.29 is 18.0 Å². The maximum atomic E-state index is 13.7. The standard InChI is InChI=1S/C21H23F3N4OS/c1-25-21(26-11-18(29)27-17-8-7-16(22)19(23)20(17)24)28-10-9-14(12-28)13-30-15-5-3-2-4-6-15/h2-8,14H,9-13H2,1H3,(H,25,26)(H,27,29). The number of hydrogen-bond donors (Lipinski definition) is 2. The zero-order chi connectivity index (χ0) is 21.5. The van der Waals surface area contributed by atoms with Gasteiger partial charge in [0.1, 0.15) is 0 Å². The van der Waals surface area contributed by atoms with Crippen molar-refractivity contribution in [3.63, 3.8) is 0 Å². The first-order valence-corrected chi connectivity index (χ1v) is 10.5. The summed E-state index contributed by atoms with van der Waals surface area (Å²) in [4.78, 5) is 19.6. The van der Waals surface area contributed by atoms with Gasteiger partial charge in [0.05, 0.1) is 12.2 Å². The molecule has 30 heavy (non-hydrogen) atoms. The van der Waals surface area contributed by atoms with E-state index >= 15 is 0 Å². The minimum Gasteiger partial charge on any atom is -0.347 e. The molecule has 0 radical (unpaired) electrons. The van der Waals surface area contributed by atoms with E-state index in [1.807, 2.05) is 30.0 Å². The molecule has 1 heterocycles. The molecule has 1 saturated heterocycles. The first kappa shape index (κ1) is 22.0. The monoisotopic (exact) mass is 436 g/mol. The summed E-state index contributed by atoms with van der Waals surface area (Å²) in [5, 5.41) is 5.17. The van der Waals surface area contributed by atoms with Crippen molar-refractivity contribution in [2.24, 2.45) is 10.9 Å². The first-order valence-electron chi connectivity index (χ1n) is 9.54. The molecule has 0 saturated carbocycles. The normalized spacial score (nSPS) is 16.6. The van der Waals surface area contributed by atoms with Gasteiger partial charge in [-0.25, -0.2) is 13.2 Å². The van der Waals surface area contributed by atoms with Crippen molar-refractivity contribution in [2.45, 2.75) is 11.3 Å². The zero-order valence-corrected chi connectivity index (χ0v) is 17.3. The summed E-state index contributed by atoms with van der Waals surface area (Å²) in [6.45, 7) is 1.46. The summed E-state index contributed by atoms with van der Waals surface area (Å²) < 4.78 is 40.0. The molecule has 5 nitrogen and oxygen atoms in total. The van der Waals surface area contributed by atoms with Crippen LogP contribution >= 0.6 is 11.8 Å². The largest absolute Gasteiger partial charge is 0.347 e. The van der Waals surface area contributed by atoms with E-state index < -0.39 is 29.0 Å². The van der Waals surface area contributed by atoms with Crippen molar-refractivity contribution >= 4 is 29.3 Å². The highest BCUT2D eigenvalue weighted by Gasteiger charge is 2.25. The van der Waals surface area contributed by atoms with Gasteiger partial charge in [0, 0.05) is 30.8 Å². The van der Waals surface area contributed by atoms with Gasteiger partial charge >= 0.3 is 0 Å². The zero-order valence-electron chi connectivity index (χ0n) is 16.5. The molecule has 1 amide bonds. The summed E-state index contributed by atoms with van der Waals surface area (Å²) in [5.41, 5.74) is -0.408. The van der Waals surface area contributed by atoms with Crippen molar-refractivity contribution in [1.82, 2.24) is 10.2 Å². The topological polar surface area (TPSA) is 56.7 Å². The number of thioether (sulfide) groups is 1. The average Bonchev–Trinajstić information content (AvgIpc) is 3.23. The fraction of sp³-hybridized carbons (Fsp3) is 0.333. The molecule has 1 aliphatic heterocycles. The van der Waals surface area contributed by atoms with Gasteiger partial charge in [0.2, 0.25) is 5.91 Å². The van der Waals surface area contributed by atoms with E-state index in [4.69, 9.17) is 0 Å². The summed E-state index contributed by atoms with van der Waals surface area (Å²) in [5.74, 6) is -2.87. The van der Waals surface area contributed by atoms with Crippen molar-refractivity contribution in [1.29, 1.82) is 0 Å². The molecule has 2 aromatic rings. The van der Waals surface area contributed by atoms with Crippen LogP contribution in [0.25, 0.3) is 0 Å². The Labute approximate surface area is 177 Å². The minimum atomic E-state index is -1.62. The number of guanidine groups is 1. The number of likely N-dealkylation sites (tertiary alicyclic amines) is 1. The van der Waals surface area contributed by atoms with E-state index in [2.05, 4.69) is 32.7 Å². The third-order valence-corrected chi connectivity index (χ3v) is 5.99. The fourth-order valence-corrected chi connectivity index (χ4v) is 4.25. The molecule has 1 unspecified atom stereocenters. The van der Waals surface area contributed by atoms with E-state index in [1.165, 1.54) is 4.90 Å². The van der Waals surface area contributed by atoms with Gasteiger partial charge in [-0.1, -0.05) is 18.2 Å². The first-order chi connectivity index (χ1) is 14.5. The number of benzene rings is 2. The highest BCUT2D eigenvalue weighted by Crippen LogP contribution is 2.26. The number of aliphatic imine (C=N–C) groups is 1. The Morgan fingerprint density at radius 3 is 2.67 bits per heavy atom. The van der Waals surface area contributed by atoms with Crippen molar-refractivity contribution in [3.8, 4) is 0 Å². The second-order valence-corrected chi connectivity index (χ2v) is 7.99. The maximum Gasteiger partial charge on any atom is 0.243 e. The number of halogens is 3.